The quantitative estimate of drug-likeness (QED) is 0.928. The van der Waals surface area contributed by atoms with Crippen molar-refractivity contribution in [1.82, 2.24) is 4.98 Å². The number of hydrogen-bond acceptors (Lipinski definition) is 3. The van der Waals surface area contributed by atoms with E-state index in [2.05, 4.69) is 4.98 Å². The highest BCUT2D eigenvalue weighted by molar-refractivity contribution is 6.30. The molecule has 0 bridgehead atoms. The maximum Gasteiger partial charge on any atom is 0.358 e. The van der Waals surface area contributed by atoms with Crippen LogP contribution in [0.5, 0.6) is 5.75 Å². The zero-order valence-electron chi connectivity index (χ0n) is 11.5. The van der Waals surface area contributed by atoms with Gasteiger partial charge in [-0.2, -0.15) is 0 Å². The molecule has 1 N–H and O–H groups in total. The number of pyridine rings is 1. The highest BCUT2D eigenvalue weighted by atomic mass is 35.5. The summed E-state index contributed by atoms with van der Waals surface area (Å²) >= 11 is 5.91. The molecule has 1 fully saturated rings. The number of carbonyl (C=O) groups is 1. The Hall–Kier alpha value is -2.07. The predicted molar refractivity (Wildman–Crippen MR) is 80.2 cm³/mol. The lowest BCUT2D eigenvalue weighted by Crippen LogP contribution is -2.07. The number of aromatic carboxylic acids is 1. The van der Waals surface area contributed by atoms with E-state index in [0.717, 1.165) is 24.0 Å². The van der Waals surface area contributed by atoms with Crippen LogP contribution in [0.2, 0.25) is 5.02 Å². The Balaban J connectivity index is 2.19. The van der Waals surface area contributed by atoms with Crippen LogP contribution in [-0.2, 0) is 0 Å². The Morgan fingerprint density at radius 2 is 2.00 bits per heavy atom. The first kappa shape index (κ1) is 13.9. The van der Waals surface area contributed by atoms with Crippen LogP contribution >= 0.6 is 11.6 Å². The second kappa shape index (κ2) is 5.37. The van der Waals surface area contributed by atoms with Gasteiger partial charge >= 0.3 is 5.97 Å². The van der Waals surface area contributed by atoms with Crippen molar-refractivity contribution < 1.29 is 14.6 Å². The molecule has 1 saturated carbocycles. The van der Waals surface area contributed by atoms with E-state index >= 15 is 0 Å². The van der Waals surface area contributed by atoms with Crippen molar-refractivity contribution in [1.29, 1.82) is 0 Å². The van der Waals surface area contributed by atoms with E-state index in [-0.39, 0.29) is 5.69 Å². The van der Waals surface area contributed by atoms with Gasteiger partial charge in [-0.25, -0.2) is 9.78 Å². The summed E-state index contributed by atoms with van der Waals surface area (Å²) in [5, 5.41) is 9.93. The van der Waals surface area contributed by atoms with Gasteiger partial charge in [0.15, 0.2) is 11.4 Å². The van der Waals surface area contributed by atoms with Crippen LogP contribution in [0.4, 0.5) is 0 Å². The molecule has 5 heteroatoms. The monoisotopic (exact) mass is 303 g/mol. The van der Waals surface area contributed by atoms with Crippen LogP contribution < -0.4 is 4.74 Å². The van der Waals surface area contributed by atoms with Gasteiger partial charge in [-0.15, -0.1) is 0 Å². The van der Waals surface area contributed by atoms with Crippen LogP contribution in [0.25, 0.3) is 11.3 Å². The highest BCUT2D eigenvalue weighted by Gasteiger charge is 2.30. The molecule has 108 valence electrons. The topological polar surface area (TPSA) is 59.4 Å². The SMILES string of the molecule is COc1cc(C2CC2)c(-c2ccc(Cl)cc2)nc1C(=O)O. The van der Waals surface area contributed by atoms with Crippen molar-refractivity contribution in [2.45, 2.75) is 18.8 Å². The van der Waals surface area contributed by atoms with Gasteiger partial charge in [0.2, 0.25) is 0 Å². The number of hydrogen-bond donors (Lipinski definition) is 1. The molecule has 1 aromatic heterocycles. The van der Waals surface area contributed by atoms with E-state index in [1.165, 1.54) is 7.11 Å². The normalized spacial score (nSPS) is 14.0. The summed E-state index contributed by atoms with van der Waals surface area (Å²) in [6.07, 6.45) is 2.19. The zero-order valence-corrected chi connectivity index (χ0v) is 12.2. The van der Waals surface area contributed by atoms with Crippen molar-refractivity contribution >= 4 is 17.6 Å². The number of carboxylic acids is 1. The van der Waals surface area contributed by atoms with Crippen molar-refractivity contribution in [2.75, 3.05) is 7.11 Å². The largest absolute Gasteiger partial charge is 0.494 e. The number of ether oxygens (including phenoxy) is 1. The molecular weight excluding hydrogens is 290 g/mol. The van der Waals surface area contributed by atoms with Crippen molar-refractivity contribution in [3.8, 4) is 17.0 Å². The van der Waals surface area contributed by atoms with Crippen LogP contribution in [0.15, 0.2) is 30.3 Å². The van der Waals surface area contributed by atoms with E-state index in [1.54, 1.807) is 18.2 Å². The number of methoxy groups -OCH3 is 1. The third-order valence-corrected chi connectivity index (χ3v) is 3.83. The second-order valence-corrected chi connectivity index (χ2v) is 5.50. The molecule has 1 aliphatic carbocycles. The molecule has 4 nitrogen and oxygen atoms in total. The molecule has 1 aliphatic rings. The minimum atomic E-state index is -1.09. The van der Waals surface area contributed by atoms with Crippen molar-refractivity contribution in [2.24, 2.45) is 0 Å². The Labute approximate surface area is 127 Å². The number of rotatable bonds is 4. The van der Waals surface area contributed by atoms with E-state index < -0.39 is 5.97 Å². The third kappa shape index (κ3) is 2.72. The number of benzene rings is 1. The fraction of sp³-hybridized carbons (Fsp3) is 0.250. The Kier molecular flexibility index (Phi) is 3.55. The second-order valence-electron chi connectivity index (χ2n) is 5.06. The Morgan fingerprint density at radius 1 is 1.33 bits per heavy atom. The summed E-state index contributed by atoms with van der Waals surface area (Å²) in [5.74, 6) is -0.355. The van der Waals surface area contributed by atoms with Gasteiger partial charge in [0, 0.05) is 10.6 Å². The minimum Gasteiger partial charge on any atom is -0.494 e. The molecule has 21 heavy (non-hydrogen) atoms. The molecule has 1 heterocycles. The first-order valence-electron chi connectivity index (χ1n) is 6.68. The van der Waals surface area contributed by atoms with Gasteiger partial charge in [0.1, 0.15) is 0 Å². The summed E-state index contributed by atoms with van der Waals surface area (Å²) < 4.78 is 5.17. The molecule has 2 aromatic rings. The molecule has 3 rings (SSSR count). The number of aromatic nitrogens is 1. The van der Waals surface area contributed by atoms with Gasteiger partial charge < -0.3 is 9.84 Å². The van der Waals surface area contributed by atoms with E-state index in [9.17, 15) is 9.90 Å². The van der Waals surface area contributed by atoms with Gasteiger partial charge in [0.05, 0.1) is 12.8 Å². The molecule has 1 aromatic carbocycles. The molecule has 0 spiro atoms. The summed E-state index contributed by atoms with van der Waals surface area (Å²) in [6, 6.07) is 9.07. The molecule has 0 atom stereocenters. The first-order chi connectivity index (χ1) is 10.1. The molecule has 0 saturated heterocycles. The minimum absolute atomic E-state index is 0.0631. The highest BCUT2D eigenvalue weighted by Crippen LogP contribution is 2.45. The lowest BCUT2D eigenvalue weighted by molar-refractivity contribution is 0.0686. The fourth-order valence-electron chi connectivity index (χ4n) is 2.36. The van der Waals surface area contributed by atoms with Gasteiger partial charge in [-0.3, -0.25) is 0 Å². The number of carboxylic acid groups (broad SMARTS) is 1. The van der Waals surface area contributed by atoms with Gasteiger partial charge in [-0.05, 0) is 42.5 Å². The summed E-state index contributed by atoms with van der Waals surface area (Å²) in [6.45, 7) is 0. The van der Waals surface area contributed by atoms with E-state index in [0.29, 0.717) is 22.4 Å². The molecular formula is C16H14ClNO3. The molecule has 0 unspecified atom stereocenters. The zero-order chi connectivity index (χ0) is 15.0. The van der Waals surface area contributed by atoms with Crippen LogP contribution in [-0.4, -0.2) is 23.2 Å². The van der Waals surface area contributed by atoms with Crippen molar-refractivity contribution in [3.63, 3.8) is 0 Å². The first-order valence-corrected chi connectivity index (χ1v) is 7.06. The fourth-order valence-corrected chi connectivity index (χ4v) is 2.49. The smallest absolute Gasteiger partial charge is 0.358 e. The molecule has 0 amide bonds. The van der Waals surface area contributed by atoms with Crippen LogP contribution in [0.3, 0.4) is 0 Å². The summed E-state index contributed by atoms with van der Waals surface area (Å²) in [7, 11) is 1.46. The van der Waals surface area contributed by atoms with Gasteiger partial charge in [0.25, 0.3) is 0 Å². The lowest BCUT2D eigenvalue weighted by atomic mass is 10.0. The van der Waals surface area contributed by atoms with E-state index in [1.807, 2.05) is 12.1 Å². The Bertz CT molecular complexity index is 693. The maximum absolute atomic E-state index is 11.4. The van der Waals surface area contributed by atoms with Gasteiger partial charge in [-0.1, -0.05) is 23.7 Å². The molecule has 0 radical (unpaired) electrons. The standard InChI is InChI=1S/C16H14ClNO3/c1-21-13-8-12(9-2-3-9)14(18-15(13)16(19)20)10-4-6-11(17)7-5-10/h4-9H,2-3H2,1H3,(H,19,20). The summed E-state index contributed by atoms with van der Waals surface area (Å²) in [4.78, 5) is 15.7. The van der Waals surface area contributed by atoms with Crippen molar-refractivity contribution in [3.05, 3.63) is 46.6 Å². The van der Waals surface area contributed by atoms with Crippen LogP contribution in [0.1, 0.15) is 34.8 Å². The number of halogens is 1. The number of nitrogens with zero attached hydrogens (tertiary/aromatic N) is 1. The lowest BCUT2D eigenvalue weighted by Gasteiger charge is -2.13. The average molecular weight is 304 g/mol. The predicted octanol–water partition coefficient (Wildman–Crippen LogP) is 3.99. The van der Waals surface area contributed by atoms with Crippen LogP contribution in [0, 0.1) is 0 Å². The Morgan fingerprint density at radius 3 is 2.52 bits per heavy atom. The van der Waals surface area contributed by atoms with E-state index in [4.69, 9.17) is 16.3 Å². The average Bonchev–Trinajstić information content (AvgIpc) is 3.31. The molecule has 0 aliphatic heterocycles. The maximum atomic E-state index is 11.4. The summed E-state index contributed by atoms with van der Waals surface area (Å²) in [5.41, 5.74) is 2.55. The third-order valence-electron chi connectivity index (χ3n) is 3.57.